The Morgan fingerprint density at radius 3 is 2.53 bits per heavy atom. The Labute approximate surface area is 114 Å². The summed E-state index contributed by atoms with van der Waals surface area (Å²) in [5.41, 5.74) is -0.804. The zero-order valence-electron chi connectivity index (χ0n) is 12.0. The van der Waals surface area contributed by atoms with E-state index < -0.39 is 11.6 Å². The fraction of sp³-hybridized carbons (Fsp3) is 0.769. The monoisotopic (exact) mass is 268 g/mol. The molecule has 0 bridgehead atoms. The van der Waals surface area contributed by atoms with E-state index in [-0.39, 0.29) is 12.5 Å². The second-order valence-electron chi connectivity index (χ2n) is 4.99. The van der Waals surface area contributed by atoms with Crippen molar-refractivity contribution in [1.29, 1.82) is 0 Å². The van der Waals surface area contributed by atoms with Gasteiger partial charge in [-0.15, -0.1) is 0 Å². The van der Waals surface area contributed by atoms with Crippen molar-refractivity contribution in [3.8, 4) is 0 Å². The predicted molar refractivity (Wildman–Crippen MR) is 72.5 cm³/mol. The molecule has 0 saturated heterocycles. The van der Waals surface area contributed by atoms with Crippen LogP contribution in [0.15, 0.2) is 12.7 Å². The Hall–Kier alpha value is -1.43. The highest BCUT2D eigenvalue weighted by Gasteiger charge is 2.26. The lowest BCUT2D eigenvalue weighted by Crippen LogP contribution is -2.44. The molecule has 1 amide bonds. The van der Waals surface area contributed by atoms with Gasteiger partial charge in [0.2, 0.25) is 5.91 Å². The second-order valence-corrected chi connectivity index (χ2v) is 4.99. The van der Waals surface area contributed by atoms with E-state index in [1.165, 1.54) is 17.3 Å². The summed E-state index contributed by atoms with van der Waals surface area (Å²) < 4.78 is 1.49. The third-order valence-electron chi connectivity index (χ3n) is 3.24. The summed E-state index contributed by atoms with van der Waals surface area (Å²) in [7, 11) is 0. The van der Waals surface area contributed by atoms with E-state index in [9.17, 15) is 9.90 Å². The Balaban J connectivity index is 2.52. The number of hydrogen-bond acceptors (Lipinski definition) is 4. The van der Waals surface area contributed by atoms with Gasteiger partial charge in [0.05, 0.1) is 5.60 Å². The van der Waals surface area contributed by atoms with Gasteiger partial charge in [0, 0.05) is 6.54 Å². The molecule has 108 valence electrons. The van der Waals surface area contributed by atoms with Crippen LogP contribution < -0.4 is 5.32 Å². The molecule has 1 heterocycles. The predicted octanol–water partition coefficient (Wildman–Crippen LogP) is 1.29. The Morgan fingerprint density at radius 2 is 2.05 bits per heavy atom. The number of aliphatic hydroxyl groups is 1. The van der Waals surface area contributed by atoms with E-state index in [2.05, 4.69) is 15.4 Å². The first kappa shape index (κ1) is 15.6. The lowest BCUT2D eigenvalue weighted by molar-refractivity contribution is -0.125. The lowest BCUT2D eigenvalue weighted by Gasteiger charge is -2.28. The third-order valence-corrected chi connectivity index (χ3v) is 3.24. The molecule has 0 aromatic carbocycles. The highest BCUT2D eigenvalue weighted by atomic mass is 16.3. The summed E-state index contributed by atoms with van der Waals surface area (Å²) in [6.45, 7) is 6.09. The van der Waals surface area contributed by atoms with Crippen LogP contribution in [0.2, 0.25) is 0 Å². The first-order valence-corrected chi connectivity index (χ1v) is 6.86. The van der Waals surface area contributed by atoms with E-state index in [1.54, 1.807) is 6.92 Å². The highest BCUT2D eigenvalue weighted by molar-refractivity contribution is 5.79. The minimum absolute atomic E-state index is 0.156. The van der Waals surface area contributed by atoms with Crippen molar-refractivity contribution >= 4 is 5.91 Å². The van der Waals surface area contributed by atoms with Crippen LogP contribution in [0.1, 0.15) is 52.5 Å². The molecule has 2 N–H and O–H groups in total. The van der Waals surface area contributed by atoms with Gasteiger partial charge in [0.15, 0.2) is 0 Å². The van der Waals surface area contributed by atoms with E-state index in [0.29, 0.717) is 12.8 Å². The zero-order chi connectivity index (χ0) is 14.3. The Morgan fingerprint density at radius 1 is 1.42 bits per heavy atom. The first-order chi connectivity index (χ1) is 9.02. The molecular weight excluding hydrogens is 244 g/mol. The molecule has 6 nitrogen and oxygen atoms in total. The average Bonchev–Trinajstić information content (AvgIpc) is 2.89. The van der Waals surface area contributed by atoms with Crippen LogP contribution in [-0.2, 0) is 4.79 Å². The topological polar surface area (TPSA) is 80.0 Å². The van der Waals surface area contributed by atoms with Crippen LogP contribution in [0, 0.1) is 0 Å². The fourth-order valence-corrected chi connectivity index (χ4v) is 2.17. The number of carbonyl (C=O) groups is 1. The Bertz CT molecular complexity index is 372. The van der Waals surface area contributed by atoms with Gasteiger partial charge in [0.1, 0.15) is 18.7 Å². The van der Waals surface area contributed by atoms with Crippen LogP contribution in [0.25, 0.3) is 0 Å². The lowest BCUT2D eigenvalue weighted by atomic mass is 9.92. The van der Waals surface area contributed by atoms with Gasteiger partial charge in [-0.2, -0.15) is 5.10 Å². The molecule has 0 spiro atoms. The van der Waals surface area contributed by atoms with Crippen molar-refractivity contribution in [3.05, 3.63) is 12.7 Å². The summed E-state index contributed by atoms with van der Waals surface area (Å²) in [5.74, 6) is -0.156. The van der Waals surface area contributed by atoms with Crippen molar-refractivity contribution in [2.24, 2.45) is 0 Å². The molecule has 0 radical (unpaired) electrons. The maximum Gasteiger partial charge on any atom is 0.244 e. The smallest absolute Gasteiger partial charge is 0.244 e. The van der Waals surface area contributed by atoms with Gasteiger partial charge in [-0.3, -0.25) is 4.79 Å². The normalized spacial score (nSPS) is 13.3. The summed E-state index contributed by atoms with van der Waals surface area (Å²) >= 11 is 0. The van der Waals surface area contributed by atoms with Gasteiger partial charge in [-0.1, -0.05) is 26.7 Å². The molecule has 0 aliphatic heterocycles. The molecular formula is C13H24N4O2. The zero-order valence-corrected chi connectivity index (χ0v) is 12.0. The number of carbonyl (C=O) groups excluding carboxylic acids is 1. The van der Waals surface area contributed by atoms with Crippen molar-refractivity contribution in [2.75, 3.05) is 6.54 Å². The summed E-state index contributed by atoms with van der Waals surface area (Å²) in [5, 5.41) is 17.2. The average molecular weight is 268 g/mol. The van der Waals surface area contributed by atoms with Crippen LogP contribution in [0.5, 0.6) is 0 Å². The molecule has 1 unspecified atom stereocenters. The quantitative estimate of drug-likeness (QED) is 0.744. The summed E-state index contributed by atoms with van der Waals surface area (Å²) in [4.78, 5) is 15.8. The molecule has 1 aromatic rings. The van der Waals surface area contributed by atoms with Crippen LogP contribution in [0.4, 0.5) is 0 Å². The number of rotatable bonds is 8. The number of hydrogen-bond donors (Lipinski definition) is 2. The molecule has 1 atom stereocenters. The maximum atomic E-state index is 12.0. The number of amides is 1. The van der Waals surface area contributed by atoms with Crippen LogP contribution in [0.3, 0.4) is 0 Å². The largest absolute Gasteiger partial charge is 0.388 e. The molecule has 1 rings (SSSR count). The van der Waals surface area contributed by atoms with Crippen molar-refractivity contribution < 1.29 is 9.90 Å². The second kappa shape index (κ2) is 7.23. The molecule has 0 aliphatic rings. The minimum atomic E-state index is -0.804. The summed E-state index contributed by atoms with van der Waals surface area (Å²) in [6.07, 6.45) is 6.08. The van der Waals surface area contributed by atoms with Crippen molar-refractivity contribution in [3.63, 3.8) is 0 Å². The maximum absolute atomic E-state index is 12.0. The number of nitrogens with one attached hydrogen (secondary N) is 1. The fourth-order valence-electron chi connectivity index (χ4n) is 2.17. The molecule has 1 aromatic heterocycles. The molecule has 0 fully saturated rings. The van der Waals surface area contributed by atoms with E-state index in [4.69, 9.17) is 0 Å². The summed E-state index contributed by atoms with van der Waals surface area (Å²) in [6, 6.07) is -0.421. The van der Waals surface area contributed by atoms with Gasteiger partial charge in [-0.25, -0.2) is 9.67 Å². The number of nitrogens with zero attached hydrogens (tertiary/aromatic N) is 3. The van der Waals surface area contributed by atoms with Gasteiger partial charge < -0.3 is 10.4 Å². The Kier molecular flexibility index (Phi) is 5.95. The van der Waals surface area contributed by atoms with Gasteiger partial charge >= 0.3 is 0 Å². The molecule has 0 saturated carbocycles. The van der Waals surface area contributed by atoms with Gasteiger partial charge in [0.25, 0.3) is 0 Å². The van der Waals surface area contributed by atoms with E-state index in [1.807, 2.05) is 13.8 Å². The molecule has 6 heteroatoms. The molecule has 0 aliphatic carbocycles. The van der Waals surface area contributed by atoms with Crippen molar-refractivity contribution in [1.82, 2.24) is 20.1 Å². The SMILES string of the molecule is CCCC(O)(CCC)CNC(=O)C(C)n1cncn1. The van der Waals surface area contributed by atoms with Crippen LogP contribution >= 0.6 is 0 Å². The standard InChI is InChI=1S/C13H24N4O2/c1-4-6-13(19,7-5-2)8-15-12(18)11(3)17-10-14-9-16-17/h9-11,19H,4-8H2,1-3H3,(H,15,18). The van der Waals surface area contributed by atoms with E-state index in [0.717, 1.165) is 12.8 Å². The number of aromatic nitrogens is 3. The molecule has 19 heavy (non-hydrogen) atoms. The highest BCUT2D eigenvalue weighted by Crippen LogP contribution is 2.18. The third kappa shape index (κ3) is 4.63. The van der Waals surface area contributed by atoms with E-state index >= 15 is 0 Å². The van der Waals surface area contributed by atoms with Gasteiger partial charge in [-0.05, 0) is 19.8 Å². The minimum Gasteiger partial charge on any atom is -0.388 e. The van der Waals surface area contributed by atoms with Crippen LogP contribution in [-0.4, -0.2) is 37.9 Å². The van der Waals surface area contributed by atoms with Crippen molar-refractivity contribution in [2.45, 2.75) is 58.1 Å². The first-order valence-electron chi connectivity index (χ1n) is 6.86.